The number of ether oxygens (including phenoxy) is 3. The molecule has 1 unspecified atom stereocenters. The van der Waals surface area contributed by atoms with Gasteiger partial charge in [0.15, 0.2) is 5.96 Å². The molecule has 0 saturated heterocycles. The molecule has 0 radical (unpaired) electrons. The molecule has 0 bridgehead atoms. The maximum Gasteiger partial charge on any atom is 0.191 e. The number of hydrogen-bond donors (Lipinski definition) is 2. The molecule has 0 saturated carbocycles. The third kappa shape index (κ3) is 10.2. The Kier molecular flexibility index (Phi) is 11.9. The van der Waals surface area contributed by atoms with Crippen molar-refractivity contribution in [2.24, 2.45) is 4.99 Å². The standard InChI is InChI=1S/C18H30ClN3O3/c1-4-20-18(21-10-7-11-24-13-12-23-3)22-14-15(2)25-17-9-6-5-8-16(17)19/h5-6,8-9,15H,4,7,10-14H2,1-3H3,(H2,20,21,22). The lowest BCUT2D eigenvalue weighted by molar-refractivity contribution is 0.0698. The predicted octanol–water partition coefficient (Wildman–Crippen LogP) is 2.72. The van der Waals surface area contributed by atoms with Gasteiger partial charge in [-0.25, -0.2) is 4.99 Å². The summed E-state index contributed by atoms with van der Waals surface area (Å²) >= 11 is 6.11. The van der Waals surface area contributed by atoms with Crippen molar-refractivity contribution in [2.75, 3.05) is 46.6 Å². The Morgan fingerprint density at radius 3 is 2.72 bits per heavy atom. The van der Waals surface area contributed by atoms with E-state index in [1.54, 1.807) is 7.11 Å². The first-order chi connectivity index (χ1) is 12.2. The Morgan fingerprint density at radius 2 is 2.00 bits per heavy atom. The zero-order valence-electron chi connectivity index (χ0n) is 15.4. The van der Waals surface area contributed by atoms with Crippen LogP contribution in [0.5, 0.6) is 5.75 Å². The van der Waals surface area contributed by atoms with Gasteiger partial charge in [-0.1, -0.05) is 23.7 Å². The van der Waals surface area contributed by atoms with E-state index in [0.717, 1.165) is 25.5 Å². The van der Waals surface area contributed by atoms with E-state index in [0.29, 0.717) is 37.1 Å². The molecule has 1 aromatic rings. The van der Waals surface area contributed by atoms with E-state index in [-0.39, 0.29) is 6.10 Å². The molecule has 6 nitrogen and oxygen atoms in total. The van der Waals surface area contributed by atoms with Crippen LogP contribution in [0, 0.1) is 0 Å². The van der Waals surface area contributed by atoms with Gasteiger partial charge in [0.2, 0.25) is 0 Å². The minimum absolute atomic E-state index is 0.0762. The third-order valence-electron chi connectivity index (χ3n) is 3.21. The molecule has 0 aliphatic carbocycles. The minimum atomic E-state index is -0.0762. The second kappa shape index (κ2) is 13.8. The number of halogens is 1. The average molecular weight is 372 g/mol. The molecule has 1 atom stereocenters. The Bertz CT molecular complexity index is 500. The molecule has 0 spiro atoms. The van der Waals surface area contributed by atoms with Crippen LogP contribution in [0.3, 0.4) is 0 Å². The van der Waals surface area contributed by atoms with E-state index in [4.69, 9.17) is 25.8 Å². The molecular weight excluding hydrogens is 342 g/mol. The SMILES string of the molecule is CCNC(=NCC(C)Oc1ccccc1Cl)NCCCOCCOC. The summed E-state index contributed by atoms with van der Waals surface area (Å²) in [6.07, 6.45) is 0.826. The van der Waals surface area contributed by atoms with Crippen LogP contribution in [-0.2, 0) is 9.47 Å². The maximum absolute atomic E-state index is 6.11. The summed E-state index contributed by atoms with van der Waals surface area (Å²) in [5.41, 5.74) is 0. The number of nitrogens with zero attached hydrogens (tertiary/aromatic N) is 1. The summed E-state index contributed by atoms with van der Waals surface area (Å²) in [5, 5.41) is 7.12. The van der Waals surface area contributed by atoms with Crippen LogP contribution in [0.1, 0.15) is 20.3 Å². The molecule has 142 valence electrons. The number of aliphatic imine (C=N–C) groups is 1. The summed E-state index contributed by atoms with van der Waals surface area (Å²) in [6.45, 7) is 8.08. The molecule has 1 aromatic carbocycles. The quantitative estimate of drug-likeness (QED) is 0.336. The van der Waals surface area contributed by atoms with Gasteiger partial charge >= 0.3 is 0 Å². The molecule has 7 heteroatoms. The molecule has 0 aliphatic heterocycles. The Labute approximate surface area is 155 Å². The molecule has 0 heterocycles. The monoisotopic (exact) mass is 371 g/mol. The van der Waals surface area contributed by atoms with Crippen LogP contribution < -0.4 is 15.4 Å². The van der Waals surface area contributed by atoms with E-state index in [2.05, 4.69) is 15.6 Å². The Hall–Kier alpha value is -1.50. The van der Waals surface area contributed by atoms with E-state index < -0.39 is 0 Å². The molecule has 0 aliphatic rings. The summed E-state index contributed by atoms with van der Waals surface area (Å²) in [6, 6.07) is 7.45. The predicted molar refractivity (Wildman–Crippen MR) is 103 cm³/mol. The summed E-state index contributed by atoms with van der Waals surface area (Å²) < 4.78 is 16.2. The zero-order valence-corrected chi connectivity index (χ0v) is 16.1. The zero-order chi connectivity index (χ0) is 18.3. The van der Waals surface area contributed by atoms with E-state index in [1.807, 2.05) is 38.1 Å². The van der Waals surface area contributed by atoms with Crippen LogP contribution in [-0.4, -0.2) is 58.6 Å². The summed E-state index contributed by atoms with van der Waals surface area (Å²) in [4.78, 5) is 4.55. The van der Waals surface area contributed by atoms with Gasteiger partial charge in [0.25, 0.3) is 0 Å². The van der Waals surface area contributed by atoms with Crippen molar-refractivity contribution in [1.82, 2.24) is 10.6 Å². The molecule has 25 heavy (non-hydrogen) atoms. The fourth-order valence-corrected chi connectivity index (χ4v) is 2.16. The number of methoxy groups -OCH3 is 1. The van der Waals surface area contributed by atoms with Crippen molar-refractivity contribution in [2.45, 2.75) is 26.4 Å². The number of rotatable bonds is 12. The van der Waals surface area contributed by atoms with Gasteiger partial charge < -0.3 is 24.8 Å². The smallest absolute Gasteiger partial charge is 0.191 e. The van der Waals surface area contributed by atoms with E-state index in [1.165, 1.54) is 0 Å². The number of nitrogens with one attached hydrogen (secondary N) is 2. The van der Waals surface area contributed by atoms with Gasteiger partial charge in [-0.3, -0.25) is 0 Å². The van der Waals surface area contributed by atoms with Crippen molar-refractivity contribution < 1.29 is 14.2 Å². The molecule has 0 aromatic heterocycles. The van der Waals surface area contributed by atoms with Crippen molar-refractivity contribution in [3.05, 3.63) is 29.3 Å². The van der Waals surface area contributed by atoms with Crippen LogP contribution >= 0.6 is 11.6 Å². The molecular formula is C18H30ClN3O3. The fraction of sp³-hybridized carbons (Fsp3) is 0.611. The van der Waals surface area contributed by atoms with Gasteiger partial charge in [0, 0.05) is 26.8 Å². The van der Waals surface area contributed by atoms with E-state index in [9.17, 15) is 0 Å². The lowest BCUT2D eigenvalue weighted by Crippen LogP contribution is -2.38. The highest BCUT2D eigenvalue weighted by molar-refractivity contribution is 6.32. The highest BCUT2D eigenvalue weighted by Crippen LogP contribution is 2.24. The number of guanidine groups is 1. The highest BCUT2D eigenvalue weighted by atomic mass is 35.5. The van der Waals surface area contributed by atoms with Gasteiger partial charge in [0.05, 0.1) is 24.8 Å². The van der Waals surface area contributed by atoms with Gasteiger partial charge in [-0.2, -0.15) is 0 Å². The van der Waals surface area contributed by atoms with Crippen LogP contribution in [0.2, 0.25) is 5.02 Å². The second-order valence-corrected chi connectivity index (χ2v) is 5.87. The summed E-state index contributed by atoms with van der Waals surface area (Å²) in [7, 11) is 1.67. The lowest BCUT2D eigenvalue weighted by Gasteiger charge is -2.16. The van der Waals surface area contributed by atoms with Gasteiger partial charge in [-0.05, 0) is 32.4 Å². The van der Waals surface area contributed by atoms with Crippen molar-refractivity contribution in [3.63, 3.8) is 0 Å². The lowest BCUT2D eigenvalue weighted by atomic mass is 10.3. The van der Waals surface area contributed by atoms with Crippen LogP contribution in [0.4, 0.5) is 0 Å². The first-order valence-electron chi connectivity index (χ1n) is 8.67. The first-order valence-corrected chi connectivity index (χ1v) is 9.05. The highest BCUT2D eigenvalue weighted by Gasteiger charge is 2.07. The largest absolute Gasteiger partial charge is 0.487 e. The number of para-hydroxylation sites is 1. The Balaban J connectivity index is 2.32. The van der Waals surface area contributed by atoms with E-state index >= 15 is 0 Å². The maximum atomic E-state index is 6.11. The number of benzene rings is 1. The van der Waals surface area contributed by atoms with Crippen LogP contribution in [0.25, 0.3) is 0 Å². The molecule has 1 rings (SSSR count). The average Bonchev–Trinajstić information content (AvgIpc) is 2.60. The first kappa shape index (κ1) is 21.5. The molecule has 0 amide bonds. The number of hydrogen-bond acceptors (Lipinski definition) is 4. The summed E-state index contributed by atoms with van der Waals surface area (Å²) in [5.74, 6) is 1.45. The van der Waals surface area contributed by atoms with Crippen LogP contribution in [0.15, 0.2) is 29.3 Å². The molecule has 0 fully saturated rings. The minimum Gasteiger partial charge on any atom is -0.487 e. The fourth-order valence-electron chi connectivity index (χ4n) is 1.98. The van der Waals surface area contributed by atoms with Gasteiger partial charge in [0.1, 0.15) is 11.9 Å². The van der Waals surface area contributed by atoms with Gasteiger partial charge in [-0.15, -0.1) is 0 Å². The van der Waals surface area contributed by atoms with Crippen molar-refractivity contribution >= 4 is 17.6 Å². The normalized spacial score (nSPS) is 12.7. The third-order valence-corrected chi connectivity index (χ3v) is 3.52. The van der Waals surface area contributed by atoms with Crippen molar-refractivity contribution in [3.8, 4) is 5.75 Å². The topological polar surface area (TPSA) is 64.1 Å². The Morgan fingerprint density at radius 1 is 1.20 bits per heavy atom. The molecule has 2 N–H and O–H groups in total. The second-order valence-electron chi connectivity index (χ2n) is 5.46. The van der Waals surface area contributed by atoms with Crippen molar-refractivity contribution in [1.29, 1.82) is 0 Å².